The first kappa shape index (κ1) is 18.7. The average Bonchev–Trinajstić information content (AvgIpc) is 3.03. The van der Waals surface area contributed by atoms with Gasteiger partial charge in [0.2, 0.25) is 0 Å². The summed E-state index contributed by atoms with van der Waals surface area (Å²) in [6.45, 7) is 6.03. The van der Waals surface area contributed by atoms with Crippen molar-refractivity contribution in [1.82, 2.24) is 34.9 Å². The highest BCUT2D eigenvalue weighted by Crippen LogP contribution is 2.12. The van der Waals surface area contributed by atoms with Crippen molar-refractivity contribution < 1.29 is 14.6 Å². The van der Waals surface area contributed by atoms with E-state index in [9.17, 15) is 9.90 Å². The lowest BCUT2D eigenvalue weighted by Crippen LogP contribution is -2.43. The van der Waals surface area contributed by atoms with Crippen LogP contribution in [0, 0.1) is 6.92 Å². The van der Waals surface area contributed by atoms with E-state index in [0.29, 0.717) is 32.1 Å². The van der Waals surface area contributed by atoms with Crippen molar-refractivity contribution in [3.8, 4) is 0 Å². The van der Waals surface area contributed by atoms with Crippen molar-refractivity contribution in [2.75, 3.05) is 38.2 Å². The van der Waals surface area contributed by atoms with Gasteiger partial charge in [0.25, 0.3) is 5.91 Å². The summed E-state index contributed by atoms with van der Waals surface area (Å²) in [5, 5.41) is 24.5. The van der Waals surface area contributed by atoms with Crippen LogP contribution in [-0.2, 0) is 17.8 Å². The summed E-state index contributed by atoms with van der Waals surface area (Å²) in [6.07, 6.45) is 0.657. The smallest absolute Gasteiger partial charge is 0.270 e. The predicted octanol–water partition coefficient (Wildman–Crippen LogP) is -1.21. The lowest BCUT2D eigenvalue weighted by atomic mass is 10.2. The molecule has 1 atom stereocenters. The van der Waals surface area contributed by atoms with Gasteiger partial charge in [-0.25, -0.2) is 9.97 Å². The molecule has 2 aliphatic heterocycles. The Morgan fingerprint density at radius 3 is 3.00 bits per heavy atom. The molecule has 1 amide bonds. The van der Waals surface area contributed by atoms with Crippen LogP contribution in [0.1, 0.15) is 22.1 Å². The maximum Gasteiger partial charge on any atom is 0.270 e. The molecule has 0 unspecified atom stereocenters. The molecule has 0 aliphatic carbocycles. The van der Waals surface area contributed by atoms with Gasteiger partial charge >= 0.3 is 0 Å². The topological polar surface area (TPSA) is 130 Å². The second-order valence-corrected chi connectivity index (χ2v) is 7.08. The summed E-state index contributed by atoms with van der Waals surface area (Å²) in [6, 6.07) is 1.81. The van der Waals surface area contributed by atoms with Gasteiger partial charge in [-0.3, -0.25) is 9.69 Å². The van der Waals surface area contributed by atoms with E-state index in [1.54, 1.807) is 6.07 Å². The fourth-order valence-corrected chi connectivity index (χ4v) is 3.26. The van der Waals surface area contributed by atoms with Crippen LogP contribution in [0.25, 0.3) is 0 Å². The Labute approximate surface area is 162 Å². The summed E-state index contributed by atoms with van der Waals surface area (Å²) in [5.41, 5.74) is 0.256. The fraction of sp³-hybridized carbons (Fsp3) is 0.588. The normalized spacial score (nSPS) is 18.2. The highest BCUT2D eigenvalue weighted by molar-refractivity contribution is 5.92. The zero-order valence-electron chi connectivity index (χ0n) is 15.7. The molecule has 2 aliphatic rings. The Morgan fingerprint density at radius 1 is 1.36 bits per heavy atom. The lowest BCUT2D eigenvalue weighted by Gasteiger charge is -2.29. The molecule has 28 heavy (non-hydrogen) atoms. The molecule has 4 heterocycles. The Balaban J connectivity index is 1.25. The van der Waals surface area contributed by atoms with E-state index in [4.69, 9.17) is 4.74 Å². The van der Waals surface area contributed by atoms with Crippen LogP contribution in [0.15, 0.2) is 12.4 Å². The number of nitrogens with zero attached hydrogens (tertiary/aromatic N) is 6. The molecule has 0 saturated carbocycles. The standard InChI is InChI=1S/C17H24N8O3/c1-11-22-23-16-7-24(2-3-25(11)16)6-13(26)5-18-17(27)14-4-15(20-10-19-14)21-12-8-28-9-12/h4,10,12-13,26H,2-3,5-9H2,1H3,(H,18,27)(H,19,20,21)/t13-/m0/s1. The van der Waals surface area contributed by atoms with Gasteiger partial charge in [-0.1, -0.05) is 0 Å². The summed E-state index contributed by atoms with van der Waals surface area (Å²) in [7, 11) is 0. The second-order valence-electron chi connectivity index (χ2n) is 7.08. The predicted molar refractivity (Wildman–Crippen MR) is 98.6 cm³/mol. The van der Waals surface area contributed by atoms with E-state index >= 15 is 0 Å². The van der Waals surface area contributed by atoms with Crippen LogP contribution < -0.4 is 10.6 Å². The summed E-state index contributed by atoms with van der Waals surface area (Å²) < 4.78 is 7.19. The van der Waals surface area contributed by atoms with E-state index in [-0.39, 0.29) is 24.2 Å². The number of amides is 1. The van der Waals surface area contributed by atoms with Gasteiger partial charge in [-0.15, -0.1) is 10.2 Å². The third-order valence-electron chi connectivity index (χ3n) is 4.87. The van der Waals surface area contributed by atoms with E-state index in [2.05, 4.69) is 40.3 Å². The Morgan fingerprint density at radius 2 is 2.21 bits per heavy atom. The van der Waals surface area contributed by atoms with Crippen LogP contribution in [0.4, 0.5) is 5.82 Å². The van der Waals surface area contributed by atoms with Crippen LogP contribution in [0.3, 0.4) is 0 Å². The number of aryl methyl sites for hydroxylation is 1. The van der Waals surface area contributed by atoms with Gasteiger partial charge < -0.3 is 25.0 Å². The van der Waals surface area contributed by atoms with Gasteiger partial charge in [0.15, 0.2) is 0 Å². The number of ether oxygens (including phenoxy) is 1. The first-order valence-electron chi connectivity index (χ1n) is 9.32. The monoisotopic (exact) mass is 388 g/mol. The number of carbonyl (C=O) groups excluding carboxylic acids is 1. The van der Waals surface area contributed by atoms with Crippen LogP contribution in [-0.4, -0.2) is 85.6 Å². The minimum Gasteiger partial charge on any atom is -0.390 e. The van der Waals surface area contributed by atoms with Gasteiger partial charge in [0.1, 0.15) is 29.5 Å². The van der Waals surface area contributed by atoms with Gasteiger partial charge in [-0.05, 0) is 6.92 Å². The number of β-amino-alcohol motifs (C(OH)–C–C–N with tert-alkyl or cyclic N) is 1. The molecular weight excluding hydrogens is 364 g/mol. The number of rotatable bonds is 7. The van der Waals surface area contributed by atoms with Crippen molar-refractivity contribution in [2.45, 2.75) is 32.2 Å². The number of fused-ring (bicyclic) bond motifs is 1. The van der Waals surface area contributed by atoms with Crippen LogP contribution >= 0.6 is 0 Å². The molecule has 2 aromatic heterocycles. The molecule has 3 N–H and O–H groups in total. The fourth-order valence-electron chi connectivity index (χ4n) is 3.26. The molecule has 11 heteroatoms. The number of aromatic nitrogens is 5. The van der Waals surface area contributed by atoms with E-state index in [1.807, 2.05) is 6.92 Å². The minimum absolute atomic E-state index is 0.143. The van der Waals surface area contributed by atoms with E-state index < -0.39 is 6.10 Å². The van der Waals surface area contributed by atoms with E-state index in [1.165, 1.54) is 6.33 Å². The molecule has 1 saturated heterocycles. The number of hydrogen-bond acceptors (Lipinski definition) is 9. The lowest BCUT2D eigenvalue weighted by molar-refractivity contribution is 0.0209. The first-order valence-corrected chi connectivity index (χ1v) is 9.32. The third kappa shape index (κ3) is 4.26. The molecule has 0 bridgehead atoms. The molecule has 1 fully saturated rings. The van der Waals surface area contributed by atoms with Crippen molar-refractivity contribution in [2.24, 2.45) is 0 Å². The molecule has 0 radical (unpaired) electrons. The number of carbonyl (C=O) groups is 1. The summed E-state index contributed by atoms with van der Waals surface area (Å²) in [5.74, 6) is 2.05. The molecule has 4 rings (SSSR count). The van der Waals surface area contributed by atoms with Gasteiger partial charge in [-0.2, -0.15) is 0 Å². The highest BCUT2D eigenvalue weighted by Gasteiger charge is 2.22. The largest absolute Gasteiger partial charge is 0.390 e. The molecule has 150 valence electrons. The number of nitrogens with one attached hydrogen (secondary N) is 2. The average molecular weight is 388 g/mol. The number of aliphatic hydroxyl groups excluding tert-OH is 1. The van der Waals surface area contributed by atoms with Crippen LogP contribution in [0.5, 0.6) is 0 Å². The minimum atomic E-state index is -0.689. The van der Waals surface area contributed by atoms with Gasteiger partial charge in [0, 0.05) is 32.2 Å². The third-order valence-corrected chi connectivity index (χ3v) is 4.87. The van der Waals surface area contributed by atoms with Gasteiger partial charge in [0.05, 0.1) is 31.9 Å². The second kappa shape index (κ2) is 8.17. The van der Waals surface area contributed by atoms with Crippen molar-refractivity contribution in [3.05, 3.63) is 29.7 Å². The van der Waals surface area contributed by atoms with Crippen molar-refractivity contribution in [3.63, 3.8) is 0 Å². The molecule has 0 spiro atoms. The highest BCUT2D eigenvalue weighted by atomic mass is 16.5. The first-order chi connectivity index (χ1) is 13.6. The molecule has 2 aromatic rings. The SMILES string of the molecule is Cc1nnc2n1CCN(C[C@@H](O)CNC(=O)c1cc(NC3COC3)ncn1)C2. The number of aliphatic hydroxyl groups is 1. The molecule has 0 aromatic carbocycles. The molecule has 11 nitrogen and oxygen atoms in total. The maximum absolute atomic E-state index is 12.3. The molecular formula is C17H24N8O3. The Bertz CT molecular complexity index is 838. The van der Waals surface area contributed by atoms with E-state index in [0.717, 1.165) is 24.7 Å². The summed E-state index contributed by atoms with van der Waals surface area (Å²) >= 11 is 0. The van der Waals surface area contributed by atoms with Crippen molar-refractivity contribution >= 4 is 11.7 Å². The number of anilines is 1. The Kier molecular flexibility index (Phi) is 5.46. The van der Waals surface area contributed by atoms with Crippen molar-refractivity contribution in [1.29, 1.82) is 0 Å². The zero-order chi connectivity index (χ0) is 19.5. The quantitative estimate of drug-likeness (QED) is 0.535. The number of hydrogen-bond donors (Lipinski definition) is 3. The zero-order valence-corrected chi connectivity index (χ0v) is 15.7. The van der Waals surface area contributed by atoms with Crippen LogP contribution in [0.2, 0.25) is 0 Å². The summed E-state index contributed by atoms with van der Waals surface area (Å²) in [4.78, 5) is 22.6. The maximum atomic E-state index is 12.3. The Hall–Kier alpha value is -2.63.